The molecule has 110 valence electrons. The predicted octanol–water partition coefficient (Wildman–Crippen LogP) is 1.03. The Kier molecular flexibility index (Phi) is 4.61. The van der Waals surface area contributed by atoms with Crippen LogP contribution in [0, 0.1) is 0 Å². The summed E-state index contributed by atoms with van der Waals surface area (Å²) in [5.41, 5.74) is 1.09. The zero-order valence-corrected chi connectivity index (χ0v) is 13.2. The van der Waals surface area contributed by atoms with Gasteiger partial charge in [0.25, 0.3) is 0 Å². The summed E-state index contributed by atoms with van der Waals surface area (Å²) in [6, 6.07) is 0. The Labute approximate surface area is 123 Å². The van der Waals surface area contributed by atoms with Gasteiger partial charge in [0.15, 0.2) is 10.8 Å². The molecule has 20 heavy (non-hydrogen) atoms. The lowest BCUT2D eigenvalue weighted by Crippen LogP contribution is -2.37. The van der Waals surface area contributed by atoms with Gasteiger partial charge in [-0.1, -0.05) is 0 Å². The van der Waals surface area contributed by atoms with Crippen LogP contribution in [-0.2, 0) is 11.3 Å². The van der Waals surface area contributed by atoms with Crippen molar-refractivity contribution in [2.24, 2.45) is 0 Å². The largest absolute Gasteiger partial charge is 0.347 e. The van der Waals surface area contributed by atoms with Crippen molar-refractivity contribution in [2.45, 2.75) is 13.5 Å². The van der Waals surface area contributed by atoms with Gasteiger partial charge in [0, 0.05) is 38.8 Å². The van der Waals surface area contributed by atoms with Crippen molar-refractivity contribution in [3.05, 3.63) is 17.3 Å². The highest BCUT2D eigenvalue weighted by atomic mass is 32.1. The van der Waals surface area contributed by atoms with E-state index in [1.807, 2.05) is 30.4 Å². The molecule has 0 radical (unpaired) electrons. The SMILES string of the molecule is CCN(CC(=O)N(C)C)c1nc2sccn2c1CNC. The first kappa shape index (κ1) is 14.8. The number of hydrogen-bond donors (Lipinski definition) is 1. The summed E-state index contributed by atoms with van der Waals surface area (Å²) in [4.78, 5) is 21.2. The van der Waals surface area contributed by atoms with Crippen molar-refractivity contribution in [1.29, 1.82) is 0 Å². The molecular formula is C13H21N5OS. The molecule has 7 heteroatoms. The first-order chi connectivity index (χ1) is 9.58. The summed E-state index contributed by atoms with van der Waals surface area (Å²) in [6.45, 7) is 3.87. The molecule has 0 bridgehead atoms. The third-order valence-corrected chi connectivity index (χ3v) is 3.95. The molecule has 0 aliphatic carbocycles. The fraction of sp³-hybridized carbons (Fsp3) is 0.538. The van der Waals surface area contributed by atoms with Gasteiger partial charge < -0.3 is 15.1 Å². The number of nitrogens with zero attached hydrogens (tertiary/aromatic N) is 4. The molecular weight excluding hydrogens is 274 g/mol. The van der Waals surface area contributed by atoms with Gasteiger partial charge in [0.05, 0.1) is 12.2 Å². The molecule has 0 fully saturated rings. The van der Waals surface area contributed by atoms with Crippen LogP contribution in [0.4, 0.5) is 5.82 Å². The van der Waals surface area contributed by atoms with E-state index >= 15 is 0 Å². The van der Waals surface area contributed by atoms with Crippen LogP contribution in [0.1, 0.15) is 12.6 Å². The Morgan fingerprint density at radius 3 is 2.85 bits per heavy atom. The van der Waals surface area contributed by atoms with Crippen LogP contribution in [0.5, 0.6) is 0 Å². The molecule has 0 unspecified atom stereocenters. The van der Waals surface area contributed by atoms with E-state index in [0.717, 1.165) is 29.6 Å². The van der Waals surface area contributed by atoms with E-state index in [0.29, 0.717) is 6.54 Å². The molecule has 2 aromatic rings. The smallest absolute Gasteiger partial charge is 0.241 e. The number of fused-ring (bicyclic) bond motifs is 1. The molecule has 0 saturated heterocycles. The average Bonchev–Trinajstić information content (AvgIpc) is 2.98. The Bertz CT molecular complexity index is 589. The molecule has 2 heterocycles. The summed E-state index contributed by atoms with van der Waals surface area (Å²) in [7, 11) is 5.46. The lowest BCUT2D eigenvalue weighted by Gasteiger charge is -2.23. The minimum Gasteiger partial charge on any atom is -0.347 e. The van der Waals surface area contributed by atoms with Crippen LogP contribution >= 0.6 is 11.3 Å². The number of aromatic nitrogens is 2. The molecule has 0 aliphatic heterocycles. The lowest BCUT2D eigenvalue weighted by atomic mass is 10.3. The van der Waals surface area contributed by atoms with Crippen molar-refractivity contribution < 1.29 is 4.79 Å². The number of carbonyl (C=O) groups is 1. The zero-order chi connectivity index (χ0) is 14.7. The number of amides is 1. The average molecular weight is 295 g/mol. The minimum absolute atomic E-state index is 0.0820. The molecule has 0 aromatic carbocycles. The second-order valence-electron chi connectivity index (χ2n) is 4.77. The Hall–Kier alpha value is -1.60. The molecule has 2 aromatic heterocycles. The first-order valence-corrected chi connectivity index (χ1v) is 7.50. The summed E-state index contributed by atoms with van der Waals surface area (Å²) >= 11 is 1.60. The Morgan fingerprint density at radius 1 is 1.50 bits per heavy atom. The third-order valence-electron chi connectivity index (χ3n) is 3.19. The van der Waals surface area contributed by atoms with E-state index in [1.165, 1.54) is 0 Å². The number of thiazole rings is 1. The van der Waals surface area contributed by atoms with Crippen molar-refractivity contribution in [3.8, 4) is 0 Å². The van der Waals surface area contributed by atoms with Gasteiger partial charge in [0.1, 0.15) is 0 Å². The first-order valence-electron chi connectivity index (χ1n) is 6.62. The number of imidazole rings is 1. The number of nitrogens with one attached hydrogen (secondary N) is 1. The highest BCUT2D eigenvalue weighted by Gasteiger charge is 2.20. The summed E-state index contributed by atoms with van der Waals surface area (Å²) in [5, 5.41) is 5.19. The molecule has 0 spiro atoms. The fourth-order valence-electron chi connectivity index (χ4n) is 2.05. The molecule has 6 nitrogen and oxygen atoms in total. The van der Waals surface area contributed by atoms with E-state index in [4.69, 9.17) is 0 Å². The molecule has 0 atom stereocenters. The zero-order valence-electron chi connectivity index (χ0n) is 12.4. The van der Waals surface area contributed by atoms with Gasteiger partial charge in [-0.25, -0.2) is 4.98 Å². The monoisotopic (exact) mass is 295 g/mol. The summed E-state index contributed by atoms with van der Waals surface area (Å²) < 4.78 is 2.08. The van der Waals surface area contributed by atoms with Crippen molar-refractivity contribution in [1.82, 2.24) is 19.6 Å². The highest BCUT2D eigenvalue weighted by molar-refractivity contribution is 7.15. The van der Waals surface area contributed by atoms with E-state index in [1.54, 1.807) is 30.3 Å². The lowest BCUT2D eigenvalue weighted by molar-refractivity contribution is -0.127. The van der Waals surface area contributed by atoms with Crippen LogP contribution < -0.4 is 10.2 Å². The van der Waals surface area contributed by atoms with E-state index in [2.05, 4.69) is 14.7 Å². The van der Waals surface area contributed by atoms with Crippen LogP contribution in [-0.4, -0.2) is 54.4 Å². The van der Waals surface area contributed by atoms with Gasteiger partial charge in [-0.15, -0.1) is 11.3 Å². The minimum atomic E-state index is 0.0820. The van der Waals surface area contributed by atoms with Gasteiger partial charge in [-0.05, 0) is 14.0 Å². The standard InChI is InChI=1S/C13H21N5OS/c1-5-17(9-11(19)16(3)4)12-10(8-14-2)18-6-7-20-13(18)15-12/h6-7,14H,5,8-9H2,1-4H3. The highest BCUT2D eigenvalue weighted by Crippen LogP contribution is 2.24. The number of likely N-dealkylation sites (N-methyl/N-ethyl adjacent to an activating group) is 2. The predicted molar refractivity (Wildman–Crippen MR) is 82.4 cm³/mol. The van der Waals surface area contributed by atoms with Gasteiger partial charge in [-0.3, -0.25) is 9.20 Å². The summed E-state index contributed by atoms with van der Waals surface area (Å²) in [5.74, 6) is 0.975. The summed E-state index contributed by atoms with van der Waals surface area (Å²) in [6.07, 6.45) is 2.02. The maximum atomic E-state index is 11.9. The van der Waals surface area contributed by atoms with E-state index in [9.17, 15) is 4.79 Å². The third kappa shape index (κ3) is 2.78. The Morgan fingerprint density at radius 2 is 2.25 bits per heavy atom. The van der Waals surface area contributed by atoms with Gasteiger partial charge >= 0.3 is 0 Å². The quantitative estimate of drug-likeness (QED) is 0.865. The normalized spacial score (nSPS) is 11.0. The maximum absolute atomic E-state index is 11.9. The molecule has 1 N–H and O–H groups in total. The van der Waals surface area contributed by atoms with Gasteiger partial charge in [0.2, 0.25) is 5.91 Å². The molecule has 2 rings (SSSR count). The second kappa shape index (κ2) is 6.23. The molecule has 1 amide bonds. The fourth-order valence-corrected chi connectivity index (χ4v) is 2.78. The van der Waals surface area contributed by atoms with Crippen molar-refractivity contribution in [2.75, 3.05) is 39.1 Å². The van der Waals surface area contributed by atoms with Gasteiger partial charge in [-0.2, -0.15) is 0 Å². The van der Waals surface area contributed by atoms with E-state index in [-0.39, 0.29) is 5.91 Å². The van der Waals surface area contributed by atoms with Crippen molar-refractivity contribution in [3.63, 3.8) is 0 Å². The Balaban J connectivity index is 2.35. The van der Waals surface area contributed by atoms with Crippen LogP contribution in [0.3, 0.4) is 0 Å². The van der Waals surface area contributed by atoms with Crippen LogP contribution in [0.25, 0.3) is 4.96 Å². The molecule has 0 aliphatic rings. The second-order valence-corrected chi connectivity index (χ2v) is 5.64. The number of anilines is 1. The number of carbonyl (C=O) groups excluding carboxylic acids is 1. The van der Waals surface area contributed by atoms with Crippen molar-refractivity contribution >= 4 is 28.0 Å². The molecule has 0 saturated carbocycles. The topological polar surface area (TPSA) is 52.9 Å². The van der Waals surface area contributed by atoms with Crippen LogP contribution in [0.15, 0.2) is 11.6 Å². The van der Waals surface area contributed by atoms with Crippen LogP contribution in [0.2, 0.25) is 0 Å². The number of rotatable bonds is 6. The number of hydrogen-bond acceptors (Lipinski definition) is 5. The van der Waals surface area contributed by atoms with E-state index < -0.39 is 0 Å². The maximum Gasteiger partial charge on any atom is 0.241 e.